The van der Waals surface area contributed by atoms with E-state index in [1.165, 1.54) is 0 Å². The third-order valence-corrected chi connectivity index (χ3v) is 4.27. The number of ether oxygens (including phenoxy) is 2. The van der Waals surface area contributed by atoms with Crippen LogP contribution in [0.2, 0.25) is 0 Å². The molecule has 0 saturated carbocycles. The van der Waals surface area contributed by atoms with Crippen LogP contribution in [0.25, 0.3) is 22.3 Å². The van der Waals surface area contributed by atoms with Crippen molar-refractivity contribution in [2.45, 2.75) is 6.61 Å². The fraction of sp³-hybridized carbons (Fsp3) is 0.125. The Labute approximate surface area is 164 Å². The summed E-state index contributed by atoms with van der Waals surface area (Å²) in [5.41, 5.74) is 5.02. The highest BCUT2D eigenvalue weighted by Crippen LogP contribution is 2.30. The minimum absolute atomic E-state index is 0.0263. The Hall–Kier alpha value is -3.37. The Morgan fingerprint density at radius 1 is 0.929 bits per heavy atom. The van der Waals surface area contributed by atoms with Crippen molar-refractivity contribution >= 4 is 5.97 Å². The lowest BCUT2D eigenvalue weighted by atomic mass is 9.95. The van der Waals surface area contributed by atoms with Crippen molar-refractivity contribution in [3.63, 3.8) is 0 Å². The number of aliphatic hydroxyl groups excluding tert-OH is 1. The SMILES string of the molecule is C=CC(=O)OCc1cc(-c2ccccc2)ccc1-c1ccc(OCCO)cc1. The minimum Gasteiger partial charge on any atom is -0.491 e. The topological polar surface area (TPSA) is 55.8 Å². The smallest absolute Gasteiger partial charge is 0.330 e. The first kappa shape index (κ1) is 19.4. The van der Waals surface area contributed by atoms with Gasteiger partial charge < -0.3 is 14.6 Å². The molecule has 0 aliphatic rings. The molecule has 0 aliphatic carbocycles. The fourth-order valence-electron chi connectivity index (χ4n) is 2.91. The number of rotatable bonds is 8. The van der Waals surface area contributed by atoms with E-state index < -0.39 is 5.97 Å². The summed E-state index contributed by atoms with van der Waals surface area (Å²) in [6, 6.07) is 23.8. The summed E-state index contributed by atoms with van der Waals surface area (Å²) in [7, 11) is 0. The minimum atomic E-state index is -0.455. The van der Waals surface area contributed by atoms with E-state index in [0.717, 1.165) is 33.9 Å². The molecule has 0 spiro atoms. The quantitative estimate of drug-likeness (QED) is 0.462. The molecule has 0 heterocycles. The van der Waals surface area contributed by atoms with E-state index >= 15 is 0 Å². The van der Waals surface area contributed by atoms with E-state index in [-0.39, 0.29) is 19.8 Å². The van der Waals surface area contributed by atoms with E-state index in [9.17, 15) is 4.79 Å². The lowest BCUT2D eigenvalue weighted by Crippen LogP contribution is -2.02. The van der Waals surface area contributed by atoms with Crippen LogP contribution in [0, 0.1) is 0 Å². The second-order valence-corrected chi connectivity index (χ2v) is 6.15. The van der Waals surface area contributed by atoms with Crippen LogP contribution in [0.15, 0.2) is 85.5 Å². The zero-order valence-electron chi connectivity index (χ0n) is 15.5. The molecule has 142 valence electrons. The summed E-state index contributed by atoms with van der Waals surface area (Å²) in [6.45, 7) is 3.83. The normalized spacial score (nSPS) is 10.3. The van der Waals surface area contributed by atoms with Crippen molar-refractivity contribution in [3.05, 3.63) is 91.0 Å². The molecule has 1 N–H and O–H groups in total. The molecule has 3 rings (SSSR count). The van der Waals surface area contributed by atoms with Gasteiger partial charge in [-0.3, -0.25) is 0 Å². The fourth-order valence-corrected chi connectivity index (χ4v) is 2.91. The van der Waals surface area contributed by atoms with Crippen molar-refractivity contribution in [2.75, 3.05) is 13.2 Å². The molecule has 0 radical (unpaired) electrons. The Bertz CT molecular complexity index is 931. The molecule has 0 unspecified atom stereocenters. The Morgan fingerprint density at radius 3 is 2.32 bits per heavy atom. The summed E-state index contributed by atoms with van der Waals surface area (Å²) in [4.78, 5) is 11.6. The molecule has 0 atom stereocenters. The maximum atomic E-state index is 11.6. The summed E-state index contributed by atoms with van der Waals surface area (Å²) in [5, 5.41) is 8.87. The van der Waals surface area contributed by atoms with Crippen molar-refractivity contribution in [1.82, 2.24) is 0 Å². The van der Waals surface area contributed by atoms with Crippen LogP contribution in [-0.2, 0) is 16.1 Å². The highest BCUT2D eigenvalue weighted by atomic mass is 16.5. The molecular formula is C24H22O4. The van der Waals surface area contributed by atoms with Crippen LogP contribution >= 0.6 is 0 Å². The first-order valence-corrected chi connectivity index (χ1v) is 9.03. The number of esters is 1. The van der Waals surface area contributed by atoms with Gasteiger partial charge in [0.2, 0.25) is 0 Å². The van der Waals surface area contributed by atoms with E-state index in [2.05, 4.69) is 12.6 Å². The summed E-state index contributed by atoms with van der Waals surface area (Å²) in [5.74, 6) is 0.238. The van der Waals surface area contributed by atoms with E-state index in [1.54, 1.807) is 0 Å². The average molecular weight is 374 g/mol. The number of carbonyl (C=O) groups excluding carboxylic acids is 1. The van der Waals surface area contributed by atoms with Crippen LogP contribution in [-0.4, -0.2) is 24.3 Å². The number of hydrogen-bond acceptors (Lipinski definition) is 4. The van der Waals surface area contributed by atoms with Crippen LogP contribution in [0.1, 0.15) is 5.56 Å². The highest BCUT2D eigenvalue weighted by molar-refractivity contribution is 5.81. The number of aliphatic hydroxyl groups is 1. The largest absolute Gasteiger partial charge is 0.491 e. The standard InChI is InChI=1S/C24H22O4/c1-2-24(26)28-17-21-16-20(18-6-4-3-5-7-18)10-13-23(21)19-8-11-22(12-9-19)27-15-14-25/h2-13,16,25H,1,14-15,17H2. The Balaban J connectivity index is 1.94. The maximum absolute atomic E-state index is 11.6. The van der Waals surface area contributed by atoms with Gasteiger partial charge in [0.25, 0.3) is 0 Å². The van der Waals surface area contributed by atoms with Crippen molar-refractivity contribution < 1.29 is 19.4 Å². The molecule has 3 aromatic carbocycles. The Morgan fingerprint density at radius 2 is 1.64 bits per heavy atom. The molecule has 0 aliphatic heterocycles. The maximum Gasteiger partial charge on any atom is 0.330 e. The molecule has 28 heavy (non-hydrogen) atoms. The average Bonchev–Trinajstić information content (AvgIpc) is 2.77. The van der Waals surface area contributed by atoms with Gasteiger partial charge in [-0.05, 0) is 46.0 Å². The van der Waals surface area contributed by atoms with Crippen LogP contribution in [0.3, 0.4) is 0 Å². The number of hydrogen-bond donors (Lipinski definition) is 1. The number of benzene rings is 3. The molecule has 0 aromatic heterocycles. The second kappa shape index (κ2) is 9.53. The first-order chi connectivity index (χ1) is 13.7. The van der Waals surface area contributed by atoms with Gasteiger partial charge in [0.1, 0.15) is 19.0 Å². The molecule has 0 bridgehead atoms. The zero-order valence-corrected chi connectivity index (χ0v) is 15.5. The van der Waals surface area contributed by atoms with Gasteiger partial charge >= 0.3 is 5.97 Å². The van der Waals surface area contributed by atoms with Gasteiger partial charge in [-0.25, -0.2) is 4.79 Å². The van der Waals surface area contributed by atoms with Crippen LogP contribution < -0.4 is 4.74 Å². The lowest BCUT2D eigenvalue weighted by Gasteiger charge is -2.13. The van der Waals surface area contributed by atoms with Gasteiger partial charge in [-0.1, -0.05) is 61.2 Å². The van der Waals surface area contributed by atoms with Gasteiger partial charge in [0.15, 0.2) is 0 Å². The van der Waals surface area contributed by atoms with E-state index in [4.69, 9.17) is 14.6 Å². The van der Waals surface area contributed by atoms with Gasteiger partial charge in [-0.2, -0.15) is 0 Å². The zero-order chi connectivity index (χ0) is 19.8. The first-order valence-electron chi connectivity index (χ1n) is 9.03. The molecule has 0 saturated heterocycles. The second-order valence-electron chi connectivity index (χ2n) is 6.15. The summed E-state index contributed by atoms with van der Waals surface area (Å²) in [6.07, 6.45) is 1.16. The summed E-state index contributed by atoms with van der Waals surface area (Å²) >= 11 is 0. The molecule has 3 aromatic rings. The predicted molar refractivity (Wildman–Crippen MR) is 110 cm³/mol. The van der Waals surface area contributed by atoms with E-state index in [1.807, 2.05) is 66.7 Å². The lowest BCUT2D eigenvalue weighted by molar-refractivity contribution is -0.138. The summed E-state index contributed by atoms with van der Waals surface area (Å²) < 4.78 is 10.7. The van der Waals surface area contributed by atoms with Gasteiger partial charge in [0, 0.05) is 6.08 Å². The predicted octanol–water partition coefficient (Wildman–Crippen LogP) is 4.62. The molecule has 4 heteroatoms. The van der Waals surface area contributed by atoms with Crippen molar-refractivity contribution in [1.29, 1.82) is 0 Å². The third-order valence-electron chi connectivity index (χ3n) is 4.27. The van der Waals surface area contributed by atoms with Gasteiger partial charge in [-0.15, -0.1) is 0 Å². The van der Waals surface area contributed by atoms with Crippen LogP contribution in [0.4, 0.5) is 0 Å². The molecule has 0 fully saturated rings. The molecular weight excluding hydrogens is 352 g/mol. The van der Waals surface area contributed by atoms with Crippen LogP contribution in [0.5, 0.6) is 5.75 Å². The monoisotopic (exact) mass is 374 g/mol. The van der Waals surface area contributed by atoms with Gasteiger partial charge in [0.05, 0.1) is 6.61 Å². The van der Waals surface area contributed by atoms with Crippen molar-refractivity contribution in [2.24, 2.45) is 0 Å². The van der Waals surface area contributed by atoms with E-state index in [0.29, 0.717) is 5.75 Å². The third kappa shape index (κ3) is 4.87. The highest BCUT2D eigenvalue weighted by Gasteiger charge is 2.10. The molecule has 4 nitrogen and oxygen atoms in total. The number of carbonyl (C=O) groups is 1. The molecule has 0 amide bonds. The Kier molecular flexibility index (Phi) is 6.60. The van der Waals surface area contributed by atoms with Crippen molar-refractivity contribution in [3.8, 4) is 28.0 Å².